The number of nitrogens with one attached hydrogen (secondary N) is 1. The van der Waals surface area contributed by atoms with Crippen LogP contribution in [0.2, 0.25) is 0 Å². The lowest BCUT2D eigenvalue weighted by molar-refractivity contribution is 0.416. The van der Waals surface area contributed by atoms with Crippen molar-refractivity contribution in [3.05, 3.63) is 77.2 Å². The van der Waals surface area contributed by atoms with Gasteiger partial charge in [-0.2, -0.15) is 0 Å². The van der Waals surface area contributed by atoms with Crippen molar-refractivity contribution in [1.82, 2.24) is 10.3 Å². The van der Waals surface area contributed by atoms with Crippen molar-refractivity contribution in [3.8, 4) is 17.0 Å². The summed E-state index contributed by atoms with van der Waals surface area (Å²) < 4.78 is 5.68. The van der Waals surface area contributed by atoms with Crippen molar-refractivity contribution in [3.63, 3.8) is 0 Å². The van der Waals surface area contributed by atoms with Crippen molar-refractivity contribution in [2.24, 2.45) is 0 Å². The molecular formula is C28H31N3OS. The summed E-state index contributed by atoms with van der Waals surface area (Å²) in [6, 6.07) is 21.8. The minimum absolute atomic E-state index is 0.242. The number of ether oxygens (including phenoxy) is 1. The van der Waals surface area contributed by atoms with Crippen LogP contribution in [-0.4, -0.2) is 25.2 Å². The van der Waals surface area contributed by atoms with E-state index in [4.69, 9.17) is 9.72 Å². The van der Waals surface area contributed by atoms with E-state index >= 15 is 0 Å². The Morgan fingerprint density at radius 3 is 2.70 bits per heavy atom. The van der Waals surface area contributed by atoms with Crippen LogP contribution in [0, 0.1) is 0 Å². The Balaban J connectivity index is 1.34. The van der Waals surface area contributed by atoms with E-state index in [1.54, 1.807) is 18.4 Å². The molecule has 1 unspecified atom stereocenters. The molecule has 5 rings (SSSR count). The van der Waals surface area contributed by atoms with Crippen LogP contribution in [-0.2, 0) is 6.54 Å². The third-order valence-corrected chi connectivity index (χ3v) is 7.46. The van der Waals surface area contributed by atoms with E-state index in [0.29, 0.717) is 0 Å². The van der Waals surface area contributed by atoms with Crippen molar-refractivity contribution in [1.29, 1.82) is 0 Å². The highest BCUT2D eigenvalue weighted by atomic mass is 32.1. The van der Waals surface area contributed by atoms with E-state index in [1.165, 1.54) is 41.2 Å². The summed E-state index contributed by atoms with van der Waals surface area (Å²) in [5.41, 5.74) is 4.62. The molecule has 1 fully saturated rings. The highest BCUT2D eigenvalue weighted by Crippen LogP contribution is 2.35. The Hall–Kier alpha value is -2.89. The number of fused-ring (bicyclic) bond motifs is 1. The van der Waals surface area contributed by atoms with Gasteiger partial charge in [-0.3, -0.25) is 0 Å². The molecule has 5 heteroatoms. The van der Waals surface area contributed by atoms with E-state index in [2.05, 4.69) is 83.2 Å². The first-order valence-corrected chi connectivity index (χ1v) is 12.7. The van der Waals surface area contributed by atoms with Gasteiger partial charge in [0.1, 0.15) is 5.75 Å². The van der Waals surface area contributed by atoms with Gasteiger partial charge in [0.05, 0.1) is 12.8 Å². The number of aromatic nitrogens is 1. The van der Waals surface area contributed by atoms with Crippen molar-refractivity contribution >= 4 is 27.2 Å². The van der Waals surface area contributed by atoms with Crippen LogP contribution >= 0.6 is 11.3 Å². The van der Waals surface area contributed by atoms with Crippen molar-refractivity contribution < 1.29 is 4.74 Å². The van der Waals surface area contributed by atoms with E-state index in [9.17, 15) is 0 Å². The minimum atomic E-state index is 0.242. The summed E-state index contributed by atoms with van der Waals surface area (Å²) in [5.74, 6) is 0.872. The normalized spacial score (nSPS) is 15.0. The SMILES string of the molecule is COc1ccc(CNC(C)c2cccc3ccccc23)cc1-c1csc(N2CCCCC2)n1. The second-order valence-electron chi connectivity index (χ2n) is 8.77. The number of piperidine rings is 1. The first-order valence-electron chi connectivity index (χ1n) is 11.8. The third-order valence-electron chi connectivity index (χ3n) is 6.56. The third kappa shape index (κ3) is 4.75. The van der Waals surface area contributed by atoms with E-state index in [0.717, 1.165) is 41.8 Å². The van der Waals surface area contributed by atoms with Crippen LogP contribution in [0.3, 0.4) is 0 Å². The fraction of sp³-hybridized carbons (Fsp3) is 0.321. The molecule has 1 aliphatic heterocycles. The lowest BCUT2D eigenvalue weighted by atomic mass is 9.99. The van der Waals surface area contributed by atoms with Gasteiger partial charge >= 0.3 is 0 Å². The number of hydrogen-bond acceptors (Lipinski definition) is 5. The first kappa shape index (κ1) is 21.9. The maximum Gasteiger partial charge on any atom is 0.185 e. The number of benzene rings is 3. The van der Waals surface area contributed by atoms with Gasteiger partial charge < -0.3 is 15.0 Å². The molecule has 3 aromatic carbocycles. The summed E-state index contributed by atoms with van der Waals surface area (Å²) >= 11 is 1.74. The average Bonchev–Trinajstić information content (AvgIpc) is 3.37. The maximum atomic E-state index is 5.68. The molecule has 2 heterocycles. The van der Waals surface area contributed by atoms with Gasteiger partial charge in [-0.1, -0.05) is 48.5 Å². The largest absolute Gasteiger partial charge is 0.496 e. The molecule has 4 aromatic rings. The molecular weight excluding hydrogens is 426 g/mol. The fourth-order valence-electron chi connectivity index (χ4n) is 4.69. The molecule has 33 heavy (non-hydrogen) atoms. The molecule has 1 aliphatic rings. The van der Waals surface area contributed by atoms with Gasteiger partial charge in [0, 0.05) is 36.6 Å². The van der Waals surface area contributed by atoms with E-state index < -0.39 is 0 Å². The van der Waals surface area contributed by atoms with Gasteiger partial charge in [-0.25, -0.2) is 4.98 Å². The molecule has 1 N–H and O–H groups in total. The molecule has 4 nitrogen and oxygen atoms in total. The zero-order valence-electron chi connectivity index (χ0n) is 19.4. The Labute approximate surface area is 200 Å². The second-order valence-corrected chi connectivity index (χ2v) is 9.61. The Kier molecular flexibility index (Phi) is 6.60. The Morgan fingerprint density at radius 2 is 1.85 bits per heavy atom. The number of thiazole rings is 1. The maximum absolute atomic E-state index is 5.68. The van der Waals surface area contributed by atoms with Crippen LogP contribution in [0.1, 0.15) is 43.4 Å². The number of rotatable bonds is 7. The number of anilines is 1. The fourth-order valence-corrected chi connectivity index (χ4v) is 5.57. The second kappa shape index (κ2) is 9.94. The molecule has 0 spiro atoms. The first-order chi connectivity index (χ1) is 16.2. The molecule has 1 atom stereocenters. The number of hydrogen-bond donors (Lipinski definition) is 1. The molecule has 0 radical (unpaired) electrons. The number of methoxy groups -OCH3 is 1. The molecule has 1 saturated heterocycles. The summed E-state index contributed by atoms with van der Waals surface area (Å²) in [5, 5.41) is 9.59. The van der Waals surface area contributed by atoms with Crippen LogP contribution in [0.4, 0.5) is 5.13 Å². The van der Waals surface area contributed by atoms with Gasteiger partial charge in [0.15, 0.2) is 5.13 Å². The molecule has 0 amide bonds. The quantitative estimate of drug-likeness (QED) is 0.331. The van der Waals surface area contributed by atoms with E-state index in [-0.39, 0.29) is 6.04 Å². The van der Waals surface area contributed by atoms with Crippen LogP contribution in [0.5, 0.6) is 5.75 Å². The smallest absolute Gasteiger partial charge is 0.185 e. The standard InChI is InChI=1S/C28H31N3OS/c1-20(23-12-8-10-22-9-4-5-11-24(22)23)29-18-21-13-14-27(32-2)25(17-21)26-19-33-28(30-26)31-15-6-3-7-16-31/h4-5,8-14,17,19-20,29H,3,6-7,15-16,18H2,1-2H3. The van der Waals surface area contributed by atoms with Gasteiger partial charge in [-0.05, 0) is 60.2 Å². The van der Waals surface area contributed by atoms with Crippen molar-refractivity contribution in [2.45, 2.75) is 38.8 Å². The van der Waals surface area contributed by atoms with Gasteiger partial charge in [0.2, 0.25) is 0 Å². The highest BCUT2D eigenvalue weighted by Gasteiger charge is 2.17. The topological polar surface area (TPSA) is 37.4 Å². The van der Waals surface area contributed by atoms with Crippen LogP contribution in [0.15, 0.2) is 66.0 Å². The van der Waals surface area contributed by atoms with Crippen LogP contribution in [0.25, 0.3) is 22.0 Å². The summed E-state index contributed by atoms with van der Waals surface area (Å²) in [4.78, 5) is 7.39. The predicted molar refractivity (Wildman–Crippen MR) is 139 cm³/mol. The van der Waals surface area contributed by atoms with Crippen LogP contribution < -0.4 is 15.0 Å². The van der Waals surface area contributed by atoms with Crippen molar-refractivity contribution in [2.75, 3.05) is 25.1 Å². The zero-order valence-corrected chi connectivity index (χ0v) is 20.2. The molecule has 1 aromatic heterocycles. The predicted octanol–water partition coefficient (Wildman–Crippen LogP) is 6.81. The average molecular weight is 458 g/mol. The molecule has 0 saturated carbocycles. The Morgan fingerprint density at radius 1 is 1.03 bits per heavy atom. The lowest BCUT2D eigenvalue weighted by Gasteiger charge is -2.25. The summed E-state index contributed by atoms with van der Waals surface area (Å²) in [6.07, 6.45) is 3.84. The minimum Gasteiger partial charge on any atom is -0.496 e. The molecule has 170 valence electrons. The highest BCUT2D eigenvalue weighted by molar-refractivity contribution is 7.14. The van der Waals surface area contributed by atoms with E-state index in [1.807, 2.05) is 0 Å². The van der Waals surface area contributed by atoms with Gasteiger partial charge in [0.25, 0.3) is 0 Å². The monoisotopic (exact) mass is 457 g/mol. The van der Waals surface area contributed by atoms with Gasteiger partial charge in [-0.15, -0.1) is 11.3 Å². The molecule has 0 bridgehead atoms. The Bertz CT molecular complexity index is 1220. The lowest BCUT2D eigenvalue weighted by Crippen LogP contribution is -2.29. The number of nitrogens with zero attached hydrogens (tertiary/aromatic N) is 2. The summed E-state index contributed by atoms with van der Waals surface area (Å²) in [7, 11) is 1.73. The summed E-state index contributed by atoms with van der Waals surface area (Å²) in [6.45, 7) is 5.24. The molecule has 0 aliphatic carbocycles. The zero-order chi connectivity index (χ0) is 22.6.